The number of nitrogens with zero attached hydrogens (tertiary/aromatic N) is 1. The van der Waals surface area contributed by atoms with Gasteiger partial charge in [0.25, 0.3) is 0 Å². The summed E-state index contributed by atoms with van der Waals surface area (Å²) in [5.74, 6) is -1.46. The molecule has 2 rings (SSSR count). The van der Waals surface area contributed by atoms with Gasteiger partial charge >= 0.3 is 0 Å². The van der Waals surface area contributed by atoms with Crippen LogP contribution in [0.3, 0.4) is 0 Å². The van der Waals surface area contributed by atoms with Crippen molar-refractivity contribution < 1.29 is 9.59 Å². The van der Waals surface area contributed by atoms with E-state index >= 15 is 0 Å². The van der Waals surface area contributed by atoms with Crippen molar-refractivity contribution in [2.45, 2.75) is 13.0 Å². The van der Waals surface area contributed by atoms with Gasteiger partial charge in [0.05, 0.1) is 10.0 Å². The number of hydrogen-bond acceptors (Lipinski definition) is 2. The normalized spacial score (nSPS) is 19.3. The lowest BCUT2D eigenvalue weighted by atomic mass is 10.1. The minimum Gasteiger partial charge on any atom is -0.369 e. The van der Waals surface area contributed by atoms with Crippen LogP contribution in [0.4, 0.5) is 0 Å². The van der Waals surface area contributed by atoms with Crippen molar-refractivity contribution in [1.82, 2.24) is 4.90 Å². The van der Waals surface area contributed by atoms with Gasteiger partial charge in [-0.1, -0.05) is 29.3 Å². The lowest BCUT2D eigenvalue weighted by Gasteiger charge is -2.16. The van der Waals surface area contributed by atoms with Crippen LogP contribution in [-0.4, -0.2) is 23.3 Å². The molecule has 1 unspecified atom stereocenters. The summed E-state index contributed by atoms with van der Waals surface area (Å²) in [5, 5.41) is 0.926. The monoisotopic (exact) mass is 286 g/mol. The molecular formula is C12H12Cl2N2O2. The molecule has 1 aliphatic heterocycles. The molecule has 0 aromatic heterocycles. The zero-order valence-electron chi connectivity index (χ0n) is 9.53. The van der Waals surface area contributed by atoms with Gasteiger partial charge in [-0.05, 0) is 24.1 Å². The first-order valence-electron chi connectivity index (χ1n) is 5.51. The topological polar surface area (TPSA) is 63.4 Å². The summed E-state index contributed by atoms with van der Waals surface area (Å²) < 4.78 is 0. The highest BCUT2D eigenvalue weighted by atomic mass is 35.5. The molecule has 0 radical (unpaired) electrons. The Morgan fingerprint density at radius 1 is 1.39 bits per heavy atom. The van der Waals surface area contributed by atoms with E-state index in [1.54, 1.807) is 23.1 Å². The summed E-state index contributed by atoms with van der Waals surface area (Å²) in [6, 6.07) is 5.21. The minimum absolute atomic E-state index is 0.214. The molecule has 1 aromatic carbocycles. The molecule has 1 saturated heterocycles. The average Bonchev–Trinajstić information content (AvgIpc) is 2.66. The van der Waals surface area contributed by atoms with Crippen LogP contribution in [0.5, 0.6) is 0 Å². The number of carbonyl (C=O) groups excluding carboxylic acids is 2. The van der Waals surface area contributed by atoms with E-state index in [4.69, 9.17) is 28.9 Å². The van der Waals surface area contributed by atoms with Gasteiger partial charge in [0, 0.05) is 13.1 Å². The molecular weight excluding hydrogens is 275 g/mol. The molecule has 96 valence electrons. The summed E-state index contributed by atoms with van der Waals surface area (Å²) in [4.78, 5) is 24.5. The van der Waals surface area contributed by atoms with E-state index in [0.29, 0.717) is 29.6 Å². The SMILES string of the molecule is NC(=O)C1CCN(Cc2ccc(Cl)c(Cl)c2)C1=O. The molecule has 4 nitrogen and oxygen atoms in total. The summed E-state index contributed by atoms with van der Waals surface area (Å²) in [7, 11) is 0. The Kier molecular flexibility index (Phi) is 3.78. The summed E-state index contributed by atoms with van der Waals surface area (Å²) in [5.41, 5.74) is 6.04. The highest BCUT2D eigenvalue weighted by Crippen LogP contribution is 2.25. The molecule has 0 saturated carbocycles. The van der Waals surface area contributed by atoms with E-state index in [-0.39, 0.29) is 5.91 Å². The molecule has 1 heterocycles. The molecule has 6 heteroatoms. The fourth-order valence-corrected chi connectivity index (χ4v) is 2.34. The molecule has 0 aliphatic carbocycles. The Hall–Kier alpha value is -1.26. The first-order valence-corrected chi connectivity index (χ1v) is 6.26. The Morgan fingerprint density at radius 2 is 2.11 bits per heavy atom. The number of likely N-dealkylation sites (tertiary alicyclic amines) is 1. The highest BCUT2D eigenvalue weighted by molar-refractivity contribution is 6.42. The number of primary amides is 1. The molecule has 1 aliphatic rings. The van der Waals surface area contributed by atoms with Crippen LogP contribution < -0.4 is 5.73 Å². The molecule has 1 aromatic rings. The Labute approximate surface area is 115 Å². The summed E-state index contributed by atoms with van der Waals surface area (Å²) >= 11 is 11.7. The van der Waals surface area contributed by atoms with Crippen LogP contribution in [0.1, 0.15) is 12.0 Å². The van der Waals surface area contributed by atoms with E-state index < -0.39 is 11.8 Å². The van der Waals surface area contributed by atoms with E-state index in [1.807, 2.05) is 0 Å². The Balaban J connectivity index is 2.09. The maximum Gasteiger partial charge on any atom is 0.235 e. The third-order valence-electron chi connectivity index (χ3n) is 3.00. The fraction of sp³-hybridized carbons (Fsp3) is 0.333. The third-order valence-corrected chi connectivity index (χ3v) is 3.74. The number of halogens is 2. The van der Waals surface area contributed by atoms with Gasteiger partial charge in [-0.3, -0.25) is 9.59 Å². The lowest BCUT2D eigenvalue weighted by molar-refractivity contribution is -0.136. The van der Waals surface area contributed by atoms with Crippen molar-refractivity contribution in [2.24, 2.45) is 11.7 Å². The van der Waals surface area contributed by atoms with Crippen LogP contribution in [0.15, 0.2) is 18.2 Å². The molecule has 2 amide bonds. The maximum absolute atomic E-state index is 11.9. The second-order valence-electron chi connectivity index (χ2n) is 4.25. The summed E-state index contributed by atoms with van der Waals surface area (Å²) in [6.45, 7) is 0.951. The van der Waals surface area contributed by atoms with Crippen molar-refractivity contribution in [1.29, 1.82) is 0 Å². The minimum atomic E-state index is -0.687. The quantitative estimate of drug-likeness (QED) is 0.862. The highest BCUT2D eigenvalue weighted by Gasteiger charge is 2.35. The first-order chi connectivity index (χ1) is 8.49. The van der Waals surface area contributed by atoms with Gasteiger partial charge in [0.15, 0.2) is 0 Å². The average molecular weight is 287 g/mol. The van der Waals surface area contributed by atoms with E-state index in [2.05, 4.69) is 0 Å². The van der Waals surface area contributed by atoms with Crippen molar-refractivity contribution in [3.05, 3.63) is 33.8 Å². The second kappa shape index (κ2) is 5.16. The third kappa shape index (κ3) is 2.60. The number of benzene rings is 1. The number of carbonyl (C=O) groups is 2. The lowest BCUT2D eigenvalue weighted by Crippen LogP contribution is -2.33. The fourth-order valence-electron chi connectivity index (χ4n) is 2.02. The van der Waals surface area contributed by atoms with Crippen molar-refractivity contribution >= 4 is 35.0 Å². The smallest absolute Gasteiger partial charge is 0.235 e. The van der Waals surface area contributed by atoms with Crippen LogP contribution in [-0.2, 0) is 16.1 Å². The molecule has 2 N–H and O–H groups in total. The van der Waals surface area contributed by atoms with Crippen LogP contribution in [0, 0.1) is 5.92 Å². The zero-order valence-corrected chi connectivity index (χ0v) is 11.0. The summed E-state index contributed by atoms with van der Waals surface area (Å²) in [6.07, 6.45) is 0.482. The van der Waals surface area contributed by atoms with Crippen molar-refractivity contribution in [2.75, 3.05) is 6.54 Å². The predicted molar refractivity (Wildman–Crippen MR) is 69.2 cm³/mol. The predicted octanol–water partition coefficient (Wildman–Crippen LogP) is 1.83. The van der Waals surface area contributed by atoms with Crippen LogP contribution >= 0.6 is 23.2 Å². The number of amides is 2. The Morgan fingerprint density at radius 3 is 2.67 bits per heavy atom. The van der Waals surface area contributed by atoms with Gasteiger partial charge in [-0.15, -0.1) is 0 Å². The molecule has 0 spiro atoms. The van der Waals surface area contributed by atoms with Gasteiger partial charge < -0.3 is 10.6 Å². The first kappa shape index (κ1) is 13.2. The molecule has 1 atom stereocenters. The molecule has 0 bridgehead atoms. The number of hydrogen-bond donors (Lipinski definition) is 1. The van der Waals surface area contributed by atoms with E-state index in [0.717, 1.165) is 5.56 Å². The zero-order chi connectivity index (χ0) is 13.3. The number of rotatable bonds is 3. The van der Waals surface area contributed by atoms with Gasteiger partial charge in [0.2, 0.25) is 11.8 Å². The maximum atomic E-state index is 11.9. The molecule has 1 fully saturated rings. The van der Waals surface area contributed by atoms with E-state index in [9.17, 15) is 9.59 Å². The second-order valence-corrected chi connectivity index (χ2v) is 5.07. The van der Waals surface area contributed by atoms with Gasteiger partial charge in [-0.25, -0.2) is 0 Å². The largest absolute Gasteiger partial charge is 0.369 e. The van der Waals surface area contributed by atoms with Crippen LogP contribution in [0.25, 0.3) is 0 Å². The standard InChI is InChI=1S/C12H12Cl2N2O2/c13-9-2-1-7(5-10(9)14)6-16-4-3-8(11(15)17)12(16)18/h1-2,5,8H,3-4,6H2,(H2,15,17). The van der Waals surface area contributed by atoms with E-state index in [1.165, 1.54) is 0 Å². The number of nitrogens with two attached hydrogens (primary N) is 1. The molecule has 18 heavy (non-hydrogen) atoms. The van der Waals surface area contributed by atoms with Crippen molar-refractivity contribution in [3.8, 4) is 0 Å². The Bertz CT molecular complexity index is 505. The van der Waals surface area contributed by atoms with Crippen molar-refractivity contribution in [3.63, 3.8) is 0 Å². The van der Waals surface area contributed by atoms with Gasteiger partial charge in [0.1, 0.15) is 5.92 Å². The van der Waals surface area contributed by atoms with Gasteiger partial charge in [-0.2, -0.15) is 0 Å². The van der Waals surface area contributed by atoms with Crippen LogP contribution in [0.2, 0.25) is 10.0 Å².